The molecule has 0 aliphatic carbocycles. The van der Waals surface area contributed by atoms with Crippen molar-refractivity contribution >= 4 is 0 Å². The van der Waals surface area contributed by atoms with E-state index in [9.17, 15) is 0 Å². The molecule has 1 rings (SSSR count). The van der Waals surface area contributed by atoms with Crippen LogP contribution in [0.5, 0.6) is 0 Å². The van der Waals surface area contributed by atoms with Gasteiger partial charge in [-0.1, -0.05) is 78.6 Å². The van der Waals surface area contributed by atoms with Crippen LogP contribution in [0.1, 0.15) is 129 Å². The maximum Gasteiger partial charge on any atom is 0.257 e. The SMILES string of the molecule is CCCCCCCCCCCC(C)[n+]1cc[nH]c1C(CC)CCC. The van der Waals surface area contributed by atoms with Crippen molar-refractivity contribution < 1.29 is 4.57 Å². The predicted molar refractivity (Wildman–Crippen MR) is 105 cm³/mol. The fourth-order valence-electron chi connectivity index (χ4n) is 3.84. The van der Waals surface area contributed by atoms with Gasteiger partial charge >= 0.3 is 0 Å². The van der Waals surface area contributed by atoms with E-state index < -0.39 is 0 Å². The minimum Gasteiger partial charge on any atom is -0.247 e. The summed E-state index contributed by atoms with van der Waals surface area (Å²) in [7, 11) is 0. The number of hydrogen-bond acceptors (Lipinski definition) is 0. The van der Waals surface area contributed by atoms with Crippen LogP contribution >= 0.6 is 0 Å². The minimum atomic E-state index is 0.627. The minimum absolute atomic E-state index is 0.627. The average Bonchev–Trinajstić information content (AvgIpc) is 3.07. The summed E-state index contributed by atoms with van der Waals surface area (Å²) in [6, 6.07) is 0.627. The fraction of sp³-hybridized carbons (Fsp3) is 0.864. The Balaban J connectivity index is 2.24. The van der Waals surface area contributed by atoms with Gasteiger partial charge in [-0.3, -0.25) is 0 Å². The summed E-state index contributed by atoms with van der Waals surface area (Å²) in [5.74, 6) is 2.14. The standard InChI is InChI=1S/C22H42N2/c1-5-8-9-10-11-12-13-14-15-17-20(4)24-19-18-23-22(24)21(7-3)16-6-2/h18-21H,5-17H2,1-4H3/p+1. The summed E-state index contributed by atoms with van der Waals surface area (Å²) in [6.45, 7) is 9.29. The normalized spacial score (nSPS) is 14.0. The highest BCUT2D eigenvalue weighted by atomic mass is 15.1. The number of aromatic amines is 1. The van der Waals surface area contributed by atoms with Gasteiger partial charge in [-0.25, -0.2) is 9.55 Å². The van der Waals surface area contributed by atoms with Crippen LogP contribution in [0, 0.1) is 0 Å². The molecule has 0 aromatic carbocycles. The highest BCUT2D eigenvalue weighted by Crippen LogP contribution is 2.22. The zero-order chi connectivity index (χ0) is 17.6. The van der Waals surface area contributed by atoms with Gasteiger partial charge < -0.3 is 0 Å². The molecule has 0 fully saturated rings. The first-order valence-electron chi connectivity index (χ1n) is 10.8. The lowest BCUT2D eigenvalue weighted by molar-refractivity contribution is -0.727. The van der Waals surface area contributed by atoms with Crippen LogP contribution in [0.4, 0.5) is 0 Å². The van der Waals surface area contributed by atoms with E-state index in [-0.39, 0.29) is 0 Å². The Morgan fingerprint density at radius 3 is 2.04 bits per heavy atom. The second-order valence-corrected chi connectivity index (χ2v) is 7.61. The smallest absolute Gasteiger partial charge is 0.247 e. The zero-order valence-electron chi connectivity index (χ0n) is 16.9. The first kappa shape index (κ1) is 21.3. The Morgan fingerprint density at radius 1 is 0.833 bits per heavy atom. The lowest BCUT2D eigenvalue weighted by atomic mass is 9.99. The van der Waals surface area contributed by atoms with E-state index in [2.05, 4.69) is 49.6 Å². The Hall–Kier alpha value is -0.790. The number of unbranched alkanes of at least 4 members (excludes halogenated alkanes) is 8. The Kier molecular flexibility index (Phi) is 12.0. The van der Waals surface area contributed by atoms with Gasteiger partial charge in [0.15, 0.2) is 0 Å². The predicted octanol–water partition coefficient (Wildman–Crippen LogP) is 7.08. The Morgan fingerprint density at radius 2 is 1.46 bits per heavy atom. The molecular formula is C22H43N2+. The highest BCUT2D eigenvalue weighted by Gasteiger charge is 2.23. The summed E-state index contributed by atoms with van der Waals surface area (Å²) in [6.07, 6.45) is 22.2. The number of imidazole rings is 1. The Bertz CT molecular complexity index is 396. The zero-order valence-corrected chi connectivity index (χ0v) is 16.9. The third-order valence-corrected chi connectivity index (χ3v) is 5.46. The molecule has 0 saturated heterocycles. The van der Waals surface area contributed by atoms with E-state index in [0.29, 0.717) is 12.0 Å². The van der Waals surface area contributed by atoms with Crippen LogP contribution in [-0.2, 0) is 0 Å². The maximum absolute atomic E-state index is 3.52. The van der Waals surface area contributed by atoms with Crippen molar-refractivity contribution in [2.24, 2.45) is 0 Å². The van der Waals surface area contributed by atoms with E-state index in [1.54, 1.807) is 0 Å². The summed E-state index contributed by atoms with van der Waals surface area (Å²) >= 11 is 0. The molecule has 1 aromatic heterocycles. The maximum atomic E-state index is 3.52. The molecule has 0 bridgehead atoms. The second-order valence-electron chi connectivity index (χ2n) is 7.61. The summed E-state index contributed by atoms with van der Waals surface area (Å²) in [5.41, 5.74) is 0. The van der Waals surface area contributed by atoms with Crippen molar-refractivity contribution in [3.05, 3.63) is 18.2 Å². The molecule has 2 unspecified atom stereocenters. The molecule has 0 aliphatic rings. The highest BCUT2D eigenvalue weighted by molar-refractivity contribution is 4.89. The molecule has 2 atom stereocenters. The number of H-pyrrole nitrogens is 1. The van der Waals surface area contributed by atoms with E-state index in [0.717, 1.165) is 0 Å². The summed E-state index contributed by atoms with van der Waals surface area (Å²) < 4.78 is 2.51. The number of rotatable bonds is 15. The molecule has 24 heavy (non-hydrogen) atoms. The van der Waals surface area contributed by atoms with Crippen LogP contribution < -0.4 is 4.57 Å². The van der Waals surface area contributed by atoms with Gasteiger partial charge in [0.1, 0.15) is 12.4 Å². The number of nitrogens with zero attached hydrogens (tertiary/aromatic N) is 1. The van der Waals surface area contributed by atoms with Crippen LogP contribution in [-0.4, -0.2) is 4.98 Å². The molecule has 0 aliphatic heterocycles. The van der Waals surface area contributed by atoms with Gasteiger partial charge in [0.25, 0.3) is 5.82 Å². The fourth-order valence-corrected chi connectivity index (χ4v) is 3.84. The topological polar surface area (TPSA) is 19.7 Å². The molecule has 140 valence electrons. The van der Waals surface area contributed by atoms with E-state index in [1.807, 2.05) is 0 Å². The van der Waals surface area contributed by atoms with Crippen LogP contribution in [0.25, 0.3) is 0 Å². The van der Waals surface area contributed by atoms with E-state index in [4.69, 9.17) is 0 Å². The largest absolute Gasteiger partial charge is 0.257 e. The average molecular weight is 336 g/mol. The molecule has 1 N–H and O–H groups in total. The molecule has 1 heterocycles. The first-order valence-corrected chi connectivity index (χ1v) is 10.8. The molecule has 2 heteroatoms. The van der Waals surface area contributed by atoms with Crippen molar-refractivity contribution in [1.82, 2.24) is 4.98 Å². The number of aromatic nitrogens is 2. The van der Waals surface area contributed by atoms with Crippen LogP contribution in [0.2, 0.25) is 0 Å². The monoisotopic (exact) mass is 335 g/mol. The Labute approximate surface area is 151 Å². The quantitative estimate of drug-likeness (QED) is 0.261. The van der Waals surface area contributed by atoms with Gasteiger partial charge in [-0.2, -0.15) is 0 Å². The second kappa shape index (κ2) is 13.5. The molecule has 0 spiro atoms. The third-order valence-electron chi connectivity index (χ3n) is 5.46. The van der Waals surface area contributed by atoms with Crippen molar-refractivity contribution in [1.29, 1.82) is 0 Å². The summed E-state index contributed by atoms with van der Waals surface area (Å²) in [5, 5.41) is 0. The lowest BCUT2D eigenvalue weighted by Gasteiger charge is -2.15. The first-order chi connectivity index (χ1) is 11.7. The molecule has 0 radical (unpaired) electrons. The van der Waals surface area contributed by atoms with Gasteiger partial charge in [0.2, 0.25) is 0 Å². The molecule has 1 aromatic rings. The molecule has 0 amide bonds. The van der Waals surface area contributed by atoms with Crippen molar-refractivity contribution in [3.63, 3.8) is 0 Å². The van der Waals surface area contributed by atoms with Gasteiger partial charge in [0, 0.05) is 0 Å². The molecule has 0 saturated carbocycles. The summed E-state index contributed by atoms with van der Waals surface area (Å²) in [4.78, 5) is 3.52. The lowest BCUT2D eigenvalue weighted by Crippen LogP contribution is -2.41. The van der Waals surface area contributed by atoms with Crippen LogP contribution in [0.3, 0.4) is 0 Å². The third kappa shape index (κ3) is 7.85. The number of nitrogens with one attached hydrogen (secondary N) is 1. The molecular weight excluding hydrogens is 292 g/mol. The number of hydrogen-bond donors (Lipinski definition) is 1. The van der Waals surface area contributed by atoms with Crippen molar-refractivity contribution in [2.75, 3.05) is 0 Å². The van der Waals surface area contributed by atoms with Crippen LogP contribution in [0.15, 0.2) is 12.4 Å². The van der Waals surface area contributed by atoms with E-state index >= 15 is 0 Å². The van der Waals surface area contributed by atoms with Gasteiger partial charge in [-0.05, 0) is 32.6 Å². The van der Waals surface area contributed by atoms with E-state index in [1.165, 1.54) is 89.3 Å². The van der Waals surface area contributed by atoms with Crippen molar-refractivity contribution in [3.8, 4) is 0 Å². The molecule has 2 nitrogen and oxygen atoms in total. The van der Waals surface area contributed by atoms with Crippen molar-refractivity contribution in [2.45, 2.75) is 123 Å². The van der Waals surface area contributed by atoms with Gasteiger partial charge in [0.05, 0.1) is 12.0 Å². The van der Waals surface area contributed by atoms with Gasteiger partial charge in [-0.15, -0.1) is 0 Å².